The maximum atomic E-state index is 8.72. The molecule has 0 radical (unpaired) electrons. The van der Waals surface area contributed by atoms with Crippen LogP contribution >= 0.6 is 0 Å². The van der Waals surface area contributed by atoms with Crippen LogP contribution in [0.3, 0.4) is 0 Å². The normalized spacial score (nSPS) is 9.69. The Bertz CT molecular complexity index is 485. The van der Waals surface area contributed by atoms with E-state index in [9.17, 15) is 0 Å². The van der Waals surface area contributed by atoms with Gasteiger partial charge in [-0.15, -0.1) is 0 Å². The molecule has 4 nitrogen and oxygen atoms in total. The first-order chi connectivity index (χ1) is 7.88. The van der Waals surface area contributed by atoms with E-state index in [4.69, 9.17) is 10.00 Å². The van der Waals surface area contributed by atoms with E-state index >= 15 is 0 Å². The maximum Gasteiger partial charge on any atom is 0.120 e. The zero-order chi connectivity index (χ0) is 11.2. The lowest BCUT2D eigenvalue weighted by Gasteiger charge is -2.06. The molecule has 0 aliphatic carbocycles. The molecule has 16 heavy (non-hydrogen) atoms. The third-order valence-electron chi connectivity index (χ3n) is 2.14. The number of hydrogen-bond donors (Lipinski definition) is 0. The highest BCUT2D eigenvalue weighted by atomic mass is 16.5. The molecular weight excluding hydrogens is 202 g/mol. The van der Waals surface area contributed by atoms with Gasteiger partial charge in [0.05, 0.1) is 24.5 Å². The summed E-state index contributed by atoms with van der Waals surface area (Å²) in [5.41, 5.74) is 0.611. The van der Waals surface area contributed by atoms with Crippen molar-refractivity contribution >= 4 is 0 Å². The molecular formula is C12H11N3O. The lowest BCUT2D eigenvalue weighted by molar-refractivity contribution is 0.298. The summed E-state index contributed by atoms with van der Waals surface area (Å²) in [7, 11) is 0. The first kappa shape index (κ1) is 10.2. The van der Waals surface area contributed by atoms with Crippen LogP contribution in [0.15, 0.2) is 43.0 Å². The van der Waals surface area contributed by atoms with Gasteiger partial charge in [-0.05, 0) is 18.2 Å². The number of ether oxygens (including phenoxy) is 1. The fourth-order valence-electron chi connectivity index (χ4n) is 1.34. The molecule has 2 aromatic rings. The standard InChI is InChI=1S/C12H11N3O/c13-9-11-2-1-3-12(8-11)16-7-6-15-5-4-14-10-15/h1-5,8,10H,6-7H2. The number of rotatable bonds is 4. The second kappa shape index (κ2) is 4.99. The molecule has 4 heteroatoms. The minimum absolute atomic E-state index is 0.561. The number of nitrogens with zero attached hydrogens (tertiary/aromatic N) is 3. The summed E-state index contributed by atoms with van der Waals surface area (Å²) in [4.78, 5) is 3.94. The zero-order valence-corrected chi connectivity index (χ0v) is 8.71. The monoisotopic (exact) mass is 213 g/mol. The van der Waals surface area contributed by atoms with Crippen LogP contribution in [0.25, 0.3) is 0 Å². The molecule has 0 aliphatic heterocycles. The van der Waals surface area contributed by atoms with Gasteiger partial charge in [0.15, 0.2) is 0 Å². The van der Waals surface area contributed by atoms with Gasteiger partial charge >= 0.3 is 0 Å². The molecule has 0 aliphatic rings. The Morgan fingerprint density at radius 1 is 1.44 bits per heavy atom. The molecule has 0 spiro atoms. The number of imidazole rings is 1. The first-order valence-electron chi connectivity index (χ1n) is 4.97. The van der Waals surface area contributed by atoms with Gasteiger partial charge in [0.1, 0.15) is 12.4 Å². The Hall–Kier alpha value is -2.28. The van der Waals surface area contributed by atoms with Gasteiger partial charge in [0.2, 0.25) is 0 Å². The average Bonchev–Trinajstić information content (AvgIpc) is 2.82. The summed E-state index contributed by atoms with van der Waals surface area (Å²) in [6.45, 7) is 1.31. The summed E-state index contributed by atoms with van der Waals surface area (Å²) in [5, 5.41) is 8.72. The number of aromatic nitrogens is 2. The van der Waals surface area contributed by atoms with Crippen LogP contribution in [0.1, 0.15) is 5.56 Å². The molecule has 1 heterocycles. The molecule has 0 N–H and O–H groups in total. The molecule has 0 fully saturated rings. The quantitative estimate of drug-likeness (QED) is 0.778. The van der Waals surface area contributed by atoms with E-state index in [1.165, 1.54) is 0 Å². The Morgan fingerprint density at radius 2 is 2.38 bits per heavy atom. The Labute approximate surface area is 93.7 Å². The molecule has 0 bridgehead atoms. The van der Waals surface area contributed by atoms with E-state index in [2.05, 4.69) is 11.1 Å². The third kappa shape index (κ3) is 2.61. The van der Waals surface area contributed by atoms with E-state index in [0.29, 0.717) is 12.2 Å². The molecule has 0 atom stereocenters. The lowest BCUT2D eigenvalue weighted by Crippen LogP contribution is -2.06. The van der Waals surface area contributed by atoms with Crippen molar-refractivity contribution in [2.45, 2.75) is 6.54 Å². The Balaban J connectivity index is 1.88. The van der Waals surface area contributed by atoms with Crippen LogP contribution in [-0.2, 0) is 6.54 Å². The predicted molar refractivity (Wildman–Crippen MR) is 58.9 cm³/mol. The SMILES string of the molecule is N#Cc1cccc(OCCn2ccnc2)c1. The molecule has 0 amide bonds. The zero-order valence-electron chi connectivity index (χ0n) is 8.71. The smallest absolute Gasteiger partial charge is 0.120 e. The molecule has 0 saturated heterocycles. The topological polar surface area (TPSA) is 50.8 Å². The van der Waals surface area contributed by atoms with Gasteiger partial charge in [0, 0.05) is 12.4 Å². The highest BCUT2D eigenvalue weighted by molar-refractivity contribution is 5.36. The summed E-state index contributed by atoms with van der Waals surface area (Å²) in [5.74, 6) is 0.721. The first-order valence-corrected chi connectivity index (χ1v) is 4.97. The summed E-state index contributed by atoms with van der Waals surface area (Å²) in [6, 6.07) is 9.21. The van der Waals surface area contributed by atoms with Crippen molar-refractivity contribution in [3.8, 4) is 11.8 Å². The van der Waals surface area contributed by atoms with Gasteiger partial charge in [-0.1, -0.05) is 6.07 Å². The third-order valence-corrected chi connectivity index (χ3v) is 2.14. The largest absolute Gasteiger partial charge is 0.492 e. The number of nitriles is 1. The Kier molecular flexibility index (Phi) is 3.19. The second-order valence-electron chi connectivity index (χ2n) is 3.29. The molecule has 1 aromatic heterocycles. The van der Waals surface area contributed by atoms with Crippen LogP contribution in [0.4, 0.5) is 0 Å². The van der Waals surface area contributed by atoms with E-state index in [1.54, 1.807) is 24.7 Å². The van der Waals surface area contributed by atoms with Gasteiger partial charge < -0.3 is 9.30 Å². The molecule has 80 valence electrons. The minimum atomic E-state index is 0.561. The highest BCUT2D eigenvalue weighted by Gasteiger charge is 1.96. The molecule has 2 rings (SSSR count). The van der Waals surface area contributed by atoms with Crippen LogP contribution in [0, 0.1) is 11.3 Å². The van der Waals surface area contributed by atoms with Crippen LogP contribution in [0.2, 0.25) is 0 Å². The number of benzene rings is 1. The van der Waals surface area contributed by atoms with Crippen molar-refractivity contribution in [2.75, 3.05) is 6.61 Å². The summed E-state index contributed by atoms with van der Waals surface area (Å²) in [6.07, 6.45) is 5.36. The van der Waals surface area contributed by atoms with Crippen molar-refractivity contribution in [3.05, 3.63) is 48.5 Å². The van der Waals surface area contributed by atoms with Crippen LogP contribution in [-0.4, -0.2) is 16.2 Å². The lowest BCUT2D eigenvalue weighted by atomic mass is 10.2. The molecule has 0 saturated carbocycles. The van der Waals surface area contributed by atoms with E-state index in [-0.39, 0.29) is 0 Å². The van der Waals surface area contributed by atoms with Crippen molar-refractivity contribution in [1.29, 1.82) is 5.26 Å². The van der Waals surface area contributed by atoms with Crippen molar-refractivity contribution < 1.29 is 4.74 Å². The fraction of sp³-hybridized carbons (Fsp3) is 0.167. The average molecular weight is 213 g/mol. The van der Waals surface area contributed by atoms with Gasteiger partial charge in [0.25, 0.3) is 0 Å². The van der Waals surface area contributed by atoms with E-state index in [1.807, 2.05) is 22.9 Å². The second-order valence-corrected chi connectivity index (χ2v) is 3.29. The summed E-state index contributed by atoms with van der Waals surface area (Å²) >= 11 is 0. The maximum absolute atomic E-state index is 8.72. The van der Waals surface area contributed by atoms with Crippen LogP contribution < -0.4 is 4.74 Å². The highest BCUT2D eigenvalue weighted by Crippen LogP contribution is 2.12. The minimum Gasteiger partial charge on any atom is -0.492 e. The van der Waals surface area contributed by atoms with E-state index in [0.717, 1.165) is 12.3 Å². The van der Waals surface area contributed by atoms with Crippen molar-refractivity contribution in [2.24, 2.45) is 0 Å². The predicted octanol–water partition coefficient (Wildman–Crippen LogP) is 1.83. The van der Waals surface area contributed by atoms with Gasteiger partial charge in [-0.2, -0.15) is 5.26 Å². The number of hydrogen-bond acceptors (Lipinski definition) is 3. The van der Waals surface area contributed by atoms with Crippen molar-refractivity contribution in [1.82, 2.24) is 9.55 Å². The fourth-order valence-corrected chi connectivity index (χ4v) is 1.34. The molecule has 1 aromatic carbocycles. The van der Waals surface area contributed by atoms with Crippen LogP contribution in [0.5, 0.6) is 5.75 Å². The van der Waals surface area contributed by atoms with E-state index < -0.39 is 0 Å². The van der Waals surface area contributed by atoms with Gasteiger partial charge in [-0.3, -0.25) is 0 Å². The van der Waals surface area contributed by atoms with Gasteiger partial charge in [-0.25, -0.2) is 4.98 Å². The van der Waals surface area contributed by atoms with Crippen molar-refractivity contribution in [3.63, 3.8) is 0 Å². The summed E-state index contributed by atoms with van der Waals surface area (Å²) < 4.78 is 7.46. The molecule has 0 unspecified atom stereocenters. The Morgan fingerprint density at radius 3 is 3.12 bits per heavy atom.